The topological polar surface area (TPSA) is 84.5 Å². The van der Waals surface area contributed by atoms with Crippen LogP contribution < -0.4 is 10.5 Å². The summed E-state index contributed by atoms with van der Waals surface area (Å²) in [5.74, 6) is -0.748. The fourth-order valence-corrected chi connectivity index (χ4v) is 4.98. The summed E-state index contributed by atoms with van der Waals surface area (Å²) in [4.78, 5) is 4.15. The molecule has 1 aliphatic rings. The number of anilines is 1. The van der Waals surface area contributed by atoms with Crippen molar-refractivity contribution < 1.29 is 17.2 Å². The van der Waals surface area contributed by atoms with Crippen molar-refractivity contribution in [3.8, 4) is 0 Å². The Labute approximate surface area is 165 Å². The highest BCUT2D eigenvalue weighted by Crippen LogP contribution is 2.37. The van der Waals surface area contributed by atoms with Gasteiger partial charge in [0.1, 0.15) is 11.6 Å². The van der Waals surface area contributed by atoms with E-state index in [0.29, 0.717) is 17.2 Å². The molecule has 0 radical (unpaired) electrons. The number of thioether (sulfide) groups is 1. The van der Waals surface area contributed by atoms with E-state index in [2.05, 4.69) is 9.71 Å². The molecule has 27 heavy (non-hydrogen) atoms. The lowest BCUT2D eigenvalue weighted by Crippen LogP contribution is -2.29. The first-order valence-electron chi connectivity index (χ1n) is 7.87. The van der Waals surface area contributed by atoms with Gasteiger partial charge in [-0.25, -0.2) is 17.2 Å². The second-order valence-electron chi connectivity index (χ2n) is 6.20. The Balaban J connectivity index is 1.97. The smallest absolute Gasteiger partial charge is 0.262 e. The van der Waals surface area contributed by atoms with Crippen LogP contribution in [-0.2, 0) is 15.6 Å². The van der Waals surface area contributed by atoms with Gasteiger partial charge in [0, 0.05) is 5.75 Å². The van der Waals surface area contributed by atoms with Gasteiger partial charge in [0.25, 0.3) is 10.0 Å². The van der Waals surface area contributed by atoms with Gasteiger partial charge in [-0.2, -0.15) is 0 Å². The Hall–Kier alpha value is -1.84. The zero-order chi connectivity index (χ0) is 19.8. The van der Waals surface area contributed by atoms with Crippen molar-refractivity contribution in [2.24, 2.45) is 10.7 Å². The van der Waals surface area contributed by atoms with Gasteiger partial charge in [0.15, 0.2) is 5.17 Å². The molecule has 0 amide bonds. The zero-order valence-corrected chi connectivity index (χ0v) is 16.6. The van der Waals surface area contributed by atoms with Gasteiger partial charge < -0.3 is 5.73 Å². The SMILES string of the molecule is CC1(c2ccc(F)c(NS(=O)(=O)c3ccc(F)c(Cl)c3)c2)CCSC(N)=N1. The average molecular weight is 432 g/mol. The molecule has 1 unspecified atom stereocenters. The molecule has 0 fully saturated rings. The van der Waals surface area contributed by atoms with Crippen molar-refractivity contribution in [1.29, 1.82) is 0 Å². The Morgan fingerprint density at radius 1 is 1.22 bits per heavy atom. The van der Waals surface area contributed by atoms with Gasteiger partial charge in [0.2, 0.25) is 0 Å². The van der Waals surface area contributed by atoms with Gasteiger partial charge in [-0.1, -0.05) is 29.4 Å². The van der Waals surface area contributed by atoms with E-state index in [9.17, 15) is 17.2 Å². The largest absolute Gasteiger partial charge is 0.379 e. The maximum Gasteiger partial charge on any atom is 0.262 e. The summed E-state index contributed by atoms with van der Waals surface area (Å²) in [5.41, 5.74) is 5.52. The molecular weight excluding hydrogens is 416 g/mol. The molecule has 0 aliphatic carbocycles. The highest BCUT2D eigenvalue weighted by molar-refractivity contribution is 8.13. The standard InChI is InChI=1S/C17H16ClF2N3O2S2/c1-17(6-7-26-16(21)22-17)10-2-4-14(20)15(8-10)23-27(24,25)11-3-5-13(19)12(18)9-11/h2-5,8-9,23H,6-7H2,1H3,(H2,21,22). The summed E-state index contributed by atoms with van der Waals surface area (Å²) in [7, 11) is -4.16. The molecule has 3 rings (SSSR count). The summed E-state index contributed by atoms with van der Waals surface area (Å²) in [6, 6.07) is 7.06. The molecule has 0 aromatic heterocycles. The van der Waals surface area contributed by atoms with Crippen molar-refractivity contribution in [3.05, 3.63) is 58.6 Å². The third kappa shape index (κ3) is 4.20. The number of hydrogen-bond donors (Lipinski definition) is 2. The van der Waals surface area contributed by atoms with Gasteiger partial charge in [-0.15, -0.1) is 0 Å². The summed E-state index contributed by atoms with van der Waals surface area (Å²) < 4.78 is 54.8. The first-order valence-corrected chi connectivity index (χ1v) is 10.7. The van der Waals surface area contributed by atoms with Crippen molar-refractivity contribution in [1.82, 2.24) is 0 Å². The van der Waals surface area contributed by atoms with Crippen molar-refractivity contribution in [2.45, 2.75) is 23.8 Å². The minimum atomic E-state index is -4.16. The van der Waals surface area contributed by atoms with Crippen LogP contribution in [0.1, 0.15) is 18.9 Å². The molecule has 5 nitrogen and oxygen atoms in total. The lowest BCUT2D eigenvalue weighted by atomic mass is 9.89. The summed E-state index contributed by atoms with van der Waals surface area (Å²) >= 11 is 7.07. The van der Waals surface area contributed by atoms with Crippen LogP contribution in [0.5, 0.6) is 0 Å². The Kier molecular flexibility index (Phi) is 5.38. The maximum absolute atomic E-state index is 14.3. The number of nitrogens with zero attached hydrogens (tertiary/aromatic N) is 1. The van der Waals surface area contributed by atoms with Crippen LogP contribution in [0.4, 0.5) is 14.5 Å². The Morgan fingerprint density at radius 3 is 2.59 bits per heavy atom. The van der Waals surface area contributed by atoms with E-state index in [1.807, 2.05) is 6.92 Å². The van der Waals surface area contributed by atoms with E-state index in [-0.39, 0.29) is 15.6 Å². The first-order chi connectivity index (χ1) is 12.6. The first kappa shape index (κ1) is 19.9. The van der Waals surface area contributed by atoms with Gasteiger partial charge in [-0.3, -0.25) is 9.71 Å². The van der Waals surface area contributed by atoms with E-state index in [1.165, 1.54) is 23.9 Å². The van der Waals surface area contributed by atoms with E-state index in [1.54, 1.807) is 6.07 Å². The van der Waals surface area contributed by atoms with Crippen LogP contribution in [0.3, 0.4) is 0 Å². The highest BCUT2D eigenvalue weighted by atomic mass is 35.5. The number of benzene rings is 2. The molecule has 10 heteroatoms. The molecule has 1 heterocycles. The predicted octanol–water partition coefficient (Wildman–Crippen LogP) is 4.09. The number of halogens is 3. The van der Waals surface area contributed by atoms with Crippen LogP contribution >= 0.6 is 23.4 Å². The van der Waals surface area contributed by atoms with E-state index in [4.69, 9.17) is 17.3 Å². The van der Waals surface area contributed by atoms with Crippen LogP contribution in [0.2, 0.25) is 5.02 Å². The lowest BCUT2D eigenvalue weighted by Gasteiger charge is -2.30. The fraction of sp³-hybridized carbons (Fsp3) is 0.235. The van der Waals surface area contributed by atoms with Crippen LogP contribution in [0, 0.1) is 11.6 Å². The Bertz CT molecular complexity index is 1030. The van der Waals surface area contributed by atoms with Crippen LogP contribution in [0.15, 0.2) is 46.3 Å². The lowest BCUT2D eigenvalue weighted by molar-refractivity contribution is 0.481. The quantitative estimate of drug-likeness (QED) is 0.763. The molecular formula is C17H16ClF2N3O2S2. The number of rotatable bonds is 4. The van der Waals surface area contributed by atoms with Crippen molar-refractivity contribution in [2.75, 3.05) is 10.5 Å². The molecule has 1 aliphatic heterocycles. The maximum atomic E-state index is 14.3. The molecule has 2 aromatic carbocycles. The number of nitrogens with two attached hydrogens (primary N) is 1. The number of nitrogens with one attached hydrogen (secondary N) is 1. The molecule has 1 atom stereocenters. The fourth-order valence-electron chi connectivity index (χ4n) is 2.68. The van der Waals surface area contributed by atoms with Crippen LogP contribution in [-0.4, -0.2) is 19.3 Å². The van der Waals surface area contributed by atoms with E-state index >= 15 is 0 Å². The summed E-state index contributed by atoms with van der Waals surface area (Å²) in [6.07, 6.45) is 0.670. The van der Waals surface area contributed by atoms with Gasteiger partial charge in [-0.05, 0) is 49.2 Å². The number of amidine groups is 1. The Morgan fingerprint density at radius 2 is 1.93 bits per heavy atom. The molecule has 3 N–H and O–H groups in total. The molecule has 0 saturated heterocycles. The second-order valence-corrected chi connectivity index (χ2v) is 9.40. The van der Waals surface area contributed by atoms with Gasteiger partial charge in [0.05, 0.1) is 21.1 Å². The van der Waals surface area contributed by atoms with Gasteiger partial charge >= 0.3 is 0 Å². The van der Waals surface area contributed by atoms with E-state index in [0.717, 1.165) is 24.0 Å². The minimum absolute atomic E-state index is 0.235. The average Bonchev–Trinajstić information content (AvgIpc) is 2.58. The predicted molar refractivity (Wildman–Crippen MR) is 105 cm³/mol. The second kappa shape index (κ2) is 7.29. The van der Waals surface area contributed by atoms with Crippen LogP contribution in [0.25, 0.3) is 0 Å². The van der Waals surface area contributed by atoms with Crippen molar-refractivity contribution in [3.63, 3.8) is 0 Å². The van der Waals surface area contributed by atoms with E-state index < -0.39 is 27.2 Å². The summed E-state index contributed by atoms with van der Waals surface area (Å²) in [6.45, 7) is 1.85. The summed E-state index contributed by atoms with van der Waals surface area (Å²) in [5, 5.41) is 0.0836. The number of hydrogen-bond acceptors (Lipinski definition) is 5. The molecule has 2 aromatic rings. The monoisotopic (exact) mass is 431 g/mol. The normalized spacial score (nSPS) is 20.2. The zero-order valence-electron chi connectivity index (χ0n) is 14.2. The highest BCUT2D eigenvalue weighted by Gasteiger charge is 2.30. The number of sulfonamides is 1. The molecule has 0 bridgehead atoms. The molecule has 144 valence electrons. The minimum Gasteiger partial charge on any atom is -0.379 e. The molecule has 0 saturated carbocycles. The number of aliphatic imine (C=N–C) groups is 1. The van der Waals surface area contributed by atoms with Crippen molar-refractivity contribution >= 4 is 44.2 Å². The third-order valence-electron chi connectivity index (χ3n) is 4.23. The third-order valence-corrected chi connectivity index (χ3v) is 6.68. The molecule has 0 spiro atoms.